The van der Waals surface area contributed by atoms with E-state index >= 15 is 0 Å². The van der Waals surface area contributed by atoms with Crippen LogP contribution in [0.15, 0.2) is 34.8 Å². The van der Waals surface area contributed by atoms with Gasteiger partial charge in [0.25, 0.3) is 0 Å². The molecular weight excluding hydrogens is 400 g/mol. The number of carbonyl (C=O) groups excluding carboxylic acids is 1. The van der Waals surface area contributed by atoms with Crippen LogP contribution in [0.2, 0.25) is 0 Å². The highest BCUT2D eigenvalue weighted by Crippen LogP contribution is 2.28. The first kappa shape index (κ1) is 20.1. The number of methoxy groups -OCH3 is 1. The molecule has 0 spiro atoms. The van der Waals surface area contributed by atoms with Crippen LogP contribution in [0, 0.1) is 13.8 Å². The summed E-state index contributed by atoms with van der Waals surface area (Å²) in [7, 11) is 1.55. The van der Waals surface area contributed by atoms with Crippen LogP contribution in [-0.2, 0) is 6.54 Å². The first-order chi connectivity index (χ1) is 12.4. The van der Waals surface area contributed by atoms with Gasteiger partial charge in [0.2, 0.25) is 0 Å². The van der Waals surface area contributed by atoms with Gasteiger partial charge in [-0.05, 0) is 54.8 Å². The second-order valence-electron chi connectivity index (χ2n) is 5.78. The Hall–Kier alpha value is -2.25. The summed E-state index contributed by atoms with van der Waals surface area (Å²) in [6.07, 6.45) is 0. The van der Waals surface area contributed by atoms with Crippen molar-refractivity contribution in [3.8, 4) is 11.5 Å². The minimum absolute atomic E-state index is 0.0679. The third kappa shape index (κ3) is 5.37. The summed E-state index contributed by atoms with van der Waals surface area (Å²) in [5.41, 5.74) is 3.65. The Balaban J connectivity index is 1.99. The number of urea groups is 1. The van der Waals surface area contributed by atoms with Gasteiger partial charge >= 0.3 is 6.03 Å². The van der Waals surface area contributed by atoms with E-state index < -0.39 is 0 Å². The average Bonchev–Trinajstić information content (AvgIpc) is 2.61. The molecule has 0 aromatic heterocycles. The highest BCUT2D eigenvalue weighted by molar-refractivity contribution is 9.10. The maximum atomic E-state index is 12.2. The van der Waals surface area contributed by atoms with Crippen molar-refractivity contribution < 1.29 is 19.4 Å². The predicted molar refractivity (Wildman–Crippen MR) is 105 cm³/mol. The first-order valence-corrected chi connectivity index (χ1v) is 8.96. The maximum Gasteiger partial charge on any atom is 0.319 e. The van der Waals surface area contributed by atoms with Crippen LogP contribution in [0.3, 0.4) is 0 Å². The van der Waals surface area contributed by atoms with Gasteiger partial charge in [0, 0.05) is 16.7 Å². The number of aliphatic hydroxyl groups is 1. The molecule has 2 aromatic carbocycles. The molecule has 0 radical (unpaired) electrons. The number of carbonyl (C=O) groups is 1. The number of halogens is 1. The van der Waals surface area contributed by atoms with E-state index in [1.807, 2.05) is 32.0 Å². The van der Waals surface area contributed by atoms with E-state index in [-0.39, 0.29) is 19.2 Å². The second kappa shape index (κ2) is 9.45. The van der Waals surface area contributed by atoms with Gasteiger partial charge in [-0.1, -0.05) is 22.0 Å². The van der Waals surface area contributed by atoms with Gasteiger partial charge in [-0.25, -0.2) is 4.79 Å². The Bertz CT molecular complexity index is 757. The Morgan fingerprint density at radius 2 is 1.85 bits per heavy atom. The van der Waals surface area contributed by atoms with E-state index in [2.05, 4.69) is 26.6 Å². The first-order valence-electron chi connectivity index (χ1n) is 8.16. The Morgan fingerprint density at radius 3 is 2.46 bits per heavy atom. The third-order valence-electron chi connectivity index (χ3n) is 3.77. The Kier molecular flexibility index (Phi) is 7.29. The van der Waals surface area contributed by atoms with Gasteiger partial charge < -0.3 is 25.2 Å². The van der Waals surface area contributed by atoms with Crippen LogP contribution in [0.4, 0.5) is 10.5 Å². The quantitative estimate of drug-likeness (QED) is 0.634. The van der Waals surface area contributed by atoms with Gasteiger partial charge in [-0.2, -0.15) is 0 Å². The van der Waals surface area contributed by atoms with E-state index in [1.165, 1.54) is 0 Å². The molecule has 0 saturated heterocycles. The summed E-state index contributed by atoms with van der Waals surface area (Å²) >= 11 is 3.45. The number of ether oxygens (including phenoxy) is 2. The molecule has 0 atom stereocenters. The van der Waals surface area contributed by atoms with Gasteiger partial charge in [0.1, 0.15) is 6.61 Å². The van der Waals surface area contributed by atoms with Crippen molar-refractivity contribution in [2.45, 2.75) is 20.4 Å². The van der Waals surface area contributed by atoms with Crippen LogP contribution < -0.4 is 20.1 Å². The number of benzene rings is 2. The standard InChI is InChI=1S/C19H23BrN2O4/c1-12-8-15(20)9-13(2)18(12)22-19(24)21-11-14-4-5-16(26-7-6-23)17(10-14)25-3/h4-5,8-10,23H,6-7,11H2,1-3H3,(H2,21,22,24). The third-order valence-corrected chi connectivity index (χ3v) is 4.22. The largest absolute Gasteiger partial charge is 0.493 e. The second-order valence-corrected chi connectivity index (χ2v) is 6.70. The molecule has 0 aliphatic carbocycles. The molecule has 7 heteroatoms. The topological polar surface area (TPSA) is 79.8 Å². The summed E-state index contributed by atoms with van der Waals surface area (Å²) in [5, 5.41) is 14.6. The maximum absolute atomic E-state index is 12.2. The highest BCUT2D eigenvalue weighted by Gasteiger charge is 2.10. The Labute approximate surface area is 161 Å². The van der Waals surface area contributed by atoms with E-state index in [0.29, 0.717) is 18.0 Å². The fourth-order valence-electron chi connectivity index (χ4n) is 2.54. The SMILES string of the molecule is COc1cc(CNC(=O)Nc2c(C)cc(Br)cc2C)ccc1OCCO. The molecule has 3 N–H and O–H groups in total. The van der Waals surface area contributed by atoms with Gasteiger partial charge in [0.05, 0.1) is 13.7 Å². The number of anilines is 1. The zero-order chi connectivity index (χ0) is 19.1. The lowest BCUT2D eigenvalue weighted by Crippen LogP contribution is -2.28. The normalized spacial score (nSPS) is 10.3. The Morgan fingerprint density at radius 1 is 1.15 bits per heavy atom. The summed E-state index contributed by atoms with van der Waals surface area (Å²) in [4.78, 5) is 12.2. The number of aryl methyl sites for hydroxylation is 2. The number of aliphatic hydroxyl groups excluding tert-OH is 1. The number of hydrogen-bond acceptors (Lipinski definition) is 4. The minimum Gasteiger partial charge on any atom is -0.493 e. The molecule has 2 rings (SSSR count). The molecule has 140 valence electrons. The van der Waals surface area contributed by atoms with Crippen LogP contribution >= 0.6 is 15.9 Å². The smallest absolute Gasteiger partial charge is 0.319 e. The van der Waals surface area contributed by atoms with E-state index in [1.54, 1.807) is 19.2 Å². The average molecular weight is 423 g/mol. The zero-order valence-corrected chi connectivity index (χ0v) is 16.6. The molecule has 6 nitrogen and oxygen atoms in total. The summed E-state index contributed by atoms with van der Waals surface area (Å²) in [6, 6.07) is 9.02. The lowest BCUT2D eigenvalue weighted by Gasteiger charge is -2.14. The monoisotopic (exact) mass is 422 g/mol. The molecule has 26 heavy (non-hydrogen) atoms. The number of hydrogen-bond donors (Lipinski definition) is 3. The fraction of sp³-hybridized carbons (Fsp3) is 0.316. The van der Waals surface area contributed by atoms with E-state index in [0.717, 1.165) is 26.9 Å². The summed E-state index contributed by atoms with van der Waals surface area (Å²) in [5.74, 6) is 1.11. The molecule has 0 aliphatic heterocycles. The lowest BCUT2D eigenvalue weighted by molar-refractivity contribution is 0.196. The molecule has 0 saturated carbocycles. The van der Waals surface area contributed by atoms with Crippen molar-refractivity contribution in [3.63, 3.8) is 0 Å². The van der Waals surface area contributed by atoms with Crippen molar-refractivity contribution in [3.05, 3.63) is 51.5 Å². The molecular formula is C19H23BrN2O4. The fourth-order valence-corrected chi connectivity index (χ4v) is 3.23. The van der Waals surface area contributed by atoms with Crippen molar-refractivity contribution in [1.29, 1.82) is 0 Å². The van der Waals surface area contributed by atoms with Crippen molar-refractivity contribution in [2.24, 2.45) is 0 Å². The number of nitrogens with one attached hydrogen (secondary N) is 2. The zero-order valence-electron chi connectivity index (χ0n) is 15.1. The van der Waals surface area contributed by atoms with Crippen LogP contribution in [-0.4, -0.2) is 31.5 Å². The van der Waals surface area contributed by atoms with E-state index in [4.69, 9.17) is 14.6 Å². The van der Waals surface area contributed by atoms with Crippen LogP contribution in [0.5, 0.6) is 11.5 Å². The summed E-state index contributed by atoms with van der Waals surface area (Å²) < 4.78 is 11.7. The molecule has 2 amide bonds. The highest BCUT2D eigenvalue weighted by atomic mass is 79.9. The summed E-state index contributed by atoms with van der Waals surface area (Å²) in [6.45, 7) is 4.37. The van der Waals surface area contributed by atoms with E-state index in [9.17, 15) is 4.79 Å². The van der Waals surface area contributed by atoms with Crippen molar-refractivity contribution in [1.82, 2.24) is 5.32 Å². The van der Waals surface area contributed by atoms with Crippen molar-refractivity contribution >= 4 is 27.6 Å². The molecule has 0 fully saturated rings. The number of rotatable bonds is 7. The van der Waals surface area contributed by atoms with Gasteiger partial charge in [-0.3, -0.25) is 0 Å². The van der Waals surface area contributed by atoms with Crippen LogP contribution in [0.25, 0.3) is 0 Å². The molecule has 0 bridgehead atoms. The lowest BCUT2D eigenvalue weighted by atomic mass is 10.1. The molecule has 2 aromatic rings. The van der Waals surface area contributed by atoms with Gasteiger partial charge in [0.15, 0.2) is 11.5 Å². The predicted octanol–water partition coefficient (Wildman–Crippen LogP) is 3.77. The van der Waals surface area contributed by atoms with Gasteiger partial charge in [-0.15, -0.1) is 0 Å². The molecule has 0 aliphatic rings. The van der Waals surface area contributed by atoms with Crippen molar-refractivity contribution in [2.75, 3.05) is 25.6 Å². The number of amides is 2. The van der Waals surface area contributed by atoms with Crippen LogP contribution in [0.1, 0.15) is 16.7 Å². The molecule has 0 unspecified atom stereocenters. The minimum atomic E-state index is -0.280. The molecule has 0 heterocycles.